The molecule has 29 heavy (non-hydrogen) atoms. The van der Waals surface area contributed by atoms with Gasteiger partial charge in [-0.1, -0.05) is 54.4 Å². The number of hydrogen-bond donors (Lipinski definition) is 2. The van der Waals surface area contributed by atoms with Crippen LogP contribution in [0.15, 0.2) is 48.5 Å². The Bertz CT molecular complexity index is 1090. The van der Waals surface area contributed by atoms with Crippen LogP contribution in [-0.4, -0.2) is 20.7 Å². The number of rotatable bonds is 4. The monoisotopic (exact) mass is 411 g/mol. The molecule has 0 fully saturated rings. The Morgan fingerprint density at radius 3 is 2.72 bits per heavy atom. The summed E-state index contributed by atoms with van der Waals surface area (Å²) in [4.78, 5) is 16.1. The van der Waals surface area contributed by atoms with Crippen LogP contribution in [0.25, 0.3) is 5.70 Å². The number of aryl methyl sites for hydroxylation is 1. The van der Waals surface area contributed by atoms with E-state index in [1.165, 1.54) is 10.7 Å². The molecule has 0 bridgehead atoms. The molecule has 0 saturated heterocycles. The van der Waals surface area contributed by atoms with Crippen LogP contribution in [0, 0.1) is 12.7 Å². The Morgan fingerprint density at radius 2 is 2.03 bits per heavy atom. The van der Waals surface area contributed by atoms with E-state index in [4.69, 9.17) is 11.6 Å². The van der Waals surface area contributed by atoms with Crippen LogP contribution in [0.3, 0.4) is 0 Å². The maximum atomic E-state index is 14.7. The van der Waals surface area contributed by atoms with Crippen molar-refractivity contribution < 1.29 is 9.18 Å². The highest BCUT2D eigenvalue weighted by Gasteiger charge is 2.29. The number of allylic oxidation sites excluding steroid dienone is 1. The topological polar surface area (TPSA) is 71.8 Å². The van der Waals surface area contributed by atoms with E-state index in [1.54, 1.807) is 19.1 Å². The summed E-state index contributed by atoms with van der Waals surface area (Å²) in [5, 5.41) is 10.5. The summed E-state index contributed by atoms with van der Waals surface area (Å²) < 4.78 is 16.2. The predicted octanol–water partition coefficient (Wildman–Crippen LogP) is 4.78. The highest BCUT2D eigenvalue weighted by molar-refractivity contribution is 6.31. The fraction of sp³-hybridized carbons (Fsp3) is 0.190. The van der Waals surface area contributed by atoms with E-state index in [0.717, 1.165) is 16.8 Å². The molecule has 1 amide bonds. The first-order valence-electron chi connectivity index (χ1n) is 9.22. The normalized spacial score (nSPS) is 15.3. The maximum Gasteiger partial charge on any atom is 0.250 e. The Balaban J connectivity index is 1.83. The van der Waals surface area contributed by atoms with E-state index < -0.39 is 11.9 Å². The van der Waals surface area contributed by atoms with Crippen LogP contribution in [0.1, 0.15) is 36.1 Å². The van der Waals surface area contributed by atoms with Crippen molar-refractivity contribution in [3.63, 3.8) is 0 Å². The molecule has 2 heterocycles. The van der Waals surface area contributed by atoms with Crippen molar-refractivity contribution in [3.8, 4) is 0 Å². The second-order valence-electron chi connectivity index (χ2n) is 6.76. The van der Waals surface area contributed by atoms with Gasteiger partial charge >= 0.3 is 0 Å². The smallest absolute Gasteiger partial charge is 0.250 e. The summed E-state index contributed by atoms with van der Waals surface area (Å²) in [5.74, 6) is -0.112. The predicted molar refractivity (Wildman–Crippen MR) is 111 cm³/mol. The molecule has 1 aliphatic heterocycles. The molecular formula is C21H19ClFN5O. The van der Waals surface area contributed by atoms with Gasteiger partial charge in [-0.15, -0.1) is 5.10 Å². The highest BCUT2D eigenvalue weighted by atomic mass is 35.5. The lowest BCUT2D eigenvalue weighted by molar-refractivity contribution is -0.115. The number of carbonyl (C=O) groups is 1. The van der Waals surface area contributed by atoms with E-state index in [9.17, 15) is 9.18 Å². The zero-order valence-electron chi connectivity index (χ0n) is 15.9. The van der Waals surface area contributed by atoms with Crippen LogP contribution in [0.5, 0.6) is 0 Å². The van der Waals surface area contributed by atoms with E-state index in [1.807, 2.05) is 37.3 Å². The van der Waals surface area contributed by atoms with Gasteiger partial charge in [0.2, 0.25) is 11.9 Å². The molecule has 2 aromatic carbocycles. The molecule has 0 aliphatic carbocycles. The summed E-state index contributed by atoms with van der Waals surface area (Å²) >= 11 is 6.34. The molecule has 3 aromatic rings. The van der Waals surface area contributed by atoms with Gasteiger partial charge in [0, 0.05) is 22.7 Å². The first-order chi connectivity index (χ1) is 14.0. The van der Waals surface area contributed by atoms with Gasteiger partial charge in [0.05, 0.1) is 0 Å². The van der Waals surface area contributed by atoms with Gasteiger partial charge in [-0.25, -0.2) is 9.07 Å². The number of halogens is 2. The Morgan fingerprint density at radius 1 is 1.28 bits per heavy atom. The summed E-state index contributed by atoms with van der Waals surface area (Å²) in [5.41, 5.74) is 3.09. The van der Waals surface area contributed by atoms with Crippen LogP contribution in [0.4, 0.5) is 16.3 Å². The molecular weight excluding hydrogens is 393 g/mol. The van der Waals surface area contributed by atoms with Crippen LogP contribution < -0.4 is 10.6 Å². The molecule has 148 valence electrons. The fourth-order valence-electron chi connectivity index (χ4n) is 3.16. The Kier molecular flexibility index (Phi) is 5.07. The minimum Gasteiger partial charge on any atom is -0.324 e. The summed E-state index contributed by atoms with van der Waals surface area (Å²) in [7, 11) is 0. The van der Waals surface area contributed by atoms with Crippen molar-refractivity contribution in [2.24, 2.45) is 0 Å². The maximum absolute atomic E-state index is 14.7. The van der Waals surface area contributed by atoms with Gasteiger partial charge in [-0.05, 0) is 30.7 Å². The van der Waals surface area contributed by atoms with Crippen LogP contribution in [0.2, 0.25) is 5.02 Å². The van der Waals surface area contributed by atoms with E-state index in [0.29, 0.717) is 17.9 Å². The van der Waals surface area contributed by atoms with Crippen molar-refractivity contribution in [2.75, 3.05) is 10.6 Å². The molecule has 0 saturated carbocycles. The number of hydrogen-bond acceptors (Lipinski definition) is 4. The zero-order valence-corrected chi connectivity index (χ0v) is 16.7. The average Bonchev–Trinajstić information content (AvgIpc) is 3.10. The van der Waals surface area contributed by atoms with Crippen molar-refractivity contribution >= 4 is 35.1 Å². The lowest BCUT2D eigenvalue weighted by Crippen LogP contribution is -2.21. The highest BCUT2D eigenvalue weighted by Crippen LogP contribution is 2.37. The first-order valence-corrected chi connectivity index (χ1v) is 9.60. The zero-order chi connectivity index (χ0) is 20.5. The summed E-state index contributed by atoms with van der Waals surface area (Å²) in [6.07, 6.45) is 2.15. The first kappa shape index (κ1) is 19.1. The fourth-order valence-corrected chi connectivity index (χ4v) is 3.43. The Labute approximate surface area is 172 Å². The van der Waals surface area contributed by atoms with E-state index in [-0.39, 0.29) is 16.9 Å². The third kappa shape index (κ3) is 3.73. The Hall–Kier alpha value is -3.19. The number of anilines is 2. The quantitative estimate of drug-likeness (QED) is 0.647. The molecule has 0 unspecified atom stereocenters. The van der Waals surface area contributed by atoms with Crippen molar-refractivity contribution in [2.45, 2.75) is 26.3 Å². The minimum atomic E-state index is -0.629. The van der Waals surface area contributed by atoms with Crippen molar-refractivity contribution in [1.29, 1.82) is 0 Å². The van der Waals surface area contributed by atoms with Crippen LogP contribution >= 0.6 is 11.6 Å². The molecule has 1 aliphatic rings. The van der Waals surface area contributed by atoms with Gasteiger partial charge in [0.25, 0.3) is 5.95 Å². The summed E-state index contributed by atoms with van der Waals surface area (Å²) in [6, 6.07) is 11.9. The third-order valence-corrected chi connectivity index (χ3v) is 5.03. The van der Waals surface area contributed by atoms with Crippen LogP contribution in [-0.2, 0) is 4.79 Å². The largest absolute Gasteiger partial charge is 0.324 e. The lowest BCUT2D eigenvalue weighted by atomic mass is 10.0. The SMILES string of the molecule is CCC(=O)Nc1nc2n(n1)[C@@H](c1c(F)cccc1Cl)C=C(c1ccc(C)cc1)N2. The average molecular weight is 412 g/mol. The molecule has 8 heteroatoms. The van der Waals surface area contributed by atoms with Crippen molar-refractivity contribution in [3.05, 3.63) is 76.1 Å². The second kappa shape index (κ2) is 7.67. The van der Waals surface area contributed by atoms with Gasteiger partial charge in [-0.2, -0.15) is 4.98 Å². The van der Waals surface area contributed by atoms with Gasteiger partial charge in [0.1, 0.15) is 11.9 Å². The molecule has 4 rings (SSSR count). The van der Waals surface area contributed by atoms with Crippen molar-refractivity contribution in [1.82, 2.24) is 14.8 Å². The van der Waals surface area contributed by atoms with Gasteiger partial charge < -0.3 is 5.32 Å². The molecule has 1 aromatic heterocycles. The number of benzene rings is 2. The van der Waals surface area contributed by atoms with E-state index in [2.05, 4.69) is 20.7 Å². The standard InChI is InChI=1S/C21H19ClFN5O/c1-3-18(29)25-20-26-21-24-16(13-9-7-12(2)8-10-13)11-17(28(21)27-20)19-14(22)5-4-6-15(19)23/h4-11,17H,3H2,1-2H3,(H2,24,25,26,27,29)/t17-/m1/s1. The summed E-state index contributed by atoms with van der Waals surface area (Å²) in [6.45, 7) is 3.75. The lowest BCUT2D eigenvalue weighted by Gasteiger charge is -2.25. The second-order valence-corrected chi connectivity index (χ2v) is 7.16. The minimum absolute atomic E-state index is 0.148. The molecule has 0 spiro atoms. The molecule has 2 N–H and O–H groups in total. The molecule has 6 nitrogen and oxygen atoms in total. The number of carbonyl (C=O) groups excluding carboxylic acids is 1. The molecule has 1 atom stereocenters. The van der Waals surface area contributed by atoms with Gasteiger partial charge in [-0.3, -0.25) is 10.1 Å². The number of amides is 1. The molecule has 0 radical (unpaired) electrons. The third-order valence-electron chi connectivity index (χ3n) is 4.70. The van der Waals surface area contributed by atoms with Gasteiger partial charge in [0.15, 0.2) is 0 Å². The number of fused-ring (bicyclic) bond motifs is 1. The van der Waals surface area contributed by atoms with E-state index >= 15 is 0 Å². The number of nitrogens with zero attached hydrogens (tertiary/aromatic N) is 3. The number of aromatic nitrogens is 3. The number of nitrogens with one attached hydrogen (secondary N) is 2.